The zero-order valence-electron chi connectivity index (χ0n) is 11.9. The highest BCUT2D eigenvalue weighted by Gasteiger charge is 2.25. The molecular weight excluding hydrogens is 316 g/mol. The van der Waals surface area contributed by atoms with Gasteiger partial charge in [-0.2, -0.15) is 0 Å². The third-order valence-electron chi connectivity index (χ3n) is 3.86. The summed E-state index contributed by atoms with van der Waals surface area (Å²) in [6.45, 7) is 2.02. The fourth-order valence-electron chi connectivity index (χ4n) is 2.83. The SMILES string of the molecule is Clc1cccc(SC2CCN(c3nccn4cncc34)C2)c1. The third-order valence-corrected chi connectivity index (χ3v) is 5.34. The number of anilines is 1. The van der Waals surface area contributed by atoms with Crippen LogP contribution in [0.3, 0.4) is 0 Å². The summed E-state index contributed by atoms with van der Waals surface area (Å²) in [6, 6.07) is 8.07. The Labute approximate surface area is 138 Å². The van der Waals surface area contributed by atoms with Gasteiger partial charge in [0.25, 0.3) is 0 Å². The monoisotopic (exact) mass is 330 g/mol. The van der Waals surface area contributed by atoms with Crippen LogP contribution in [-0.4, -0.2) is 32.7 Å². The number of imidazole rings is 1. The van der Waals surface area contributed by atoms with E-state index >= 15 is 0 Å². The third kappa shape index (κ3) is 2.66. The van der Waals surface area contributed by atoms with Crippen molar-refractivity contribution in [2.45, 2.75) is 16.6 Å². The Kier molecular flexibility index (Phi) is 3.68. The number of hydrogen-bond acceptors (Lipinski definition) is 4. The van der Waals surface area contributed by atoms with E-state index in [1.165, 1.54) is 4.90 Å². The van der Waals surface area contributed by atoms with Crippen molar-refractivity contribution in [1.82, 2.24) is 14.4 Å². The van der Waals surface area contributed by atoms with Gasteiger partial charge in [-0.15, -0.1) is 11.8 Å². The minimum atomic E-state index is 0.559. The molecule has 1 fully saturated rings. The fourth-order valence-corrected chi connectivity index (χ4v) is 4.30. The molecule has 1 atom stereocenters. The molecule has 1 unspecified atom stereocenters. The first kappa shape index (κ1) is 13.9. The van der Waals surface area contributed by atoms with Crippen LogP contribution in [0.2, 0.25) is 5.02 Å². The minimum absolute atomic E-state index is 0.559. The van der Waals surface area contributed by atoms with Crippen LogP contribution in [-0.2, 0) is 0 Å². The maximum Gasteiger partial charge on any atom is 0.154 e. The molecule has 0 aliphatic carbocycles. The Morgan fingerprint density at radius 1 is 1.32 bits per heavy atom. The van der Waals surface area contributed by atoms with Crippen LogP contribution in [0.1, 0.15) is 6.42 Å². The lowest BCUT2D eigenvalue weighted by molar-refractivity contribution is 0.932. The number of hydrogen-bond donors (Lipinski definition) is 0. The highest BCUT2D eigenvalue weighted by Crippen LogP contribution is 2.33. The minimum Gasteiger partial charge on any atom is -0.354 e. The summed E-state index contributed by atoms with van der Waals surface area (Å²) in [7, 11) is 0. The number of fused-ring (bicyclic) bond motifs is 1. The highest BCUT2D eigenvalue weighted by molar-refractivity contribution is 8.00. The van der Waals surface area contributed by atoms with Crippen LogP contribution in [0.4, 0.5) is 5.82 Å². The molecule has 0 saturated carbocycles. The molecular formula is C16H15ClN4S. The van der Waals surface area contributed by atoms with Gasteiger partial charge in [0.05, 0.1) is 12.5 Å². The van der Waals surface area contributed by atoms with E-state index in [0.29, 0.717) is 5.25 Å². The van der Waals surface area contributed by atoms with Gasteiger partial charge in [0.1, 0.15) is 5.52 Å². The highest BCUT2D eigenvalue weighted by atomic mass is 35.5. The van der Waals surface area contributed by atoms with Crippen molar-refractivity contribution in [3.8, 4) is 0 Å². The lowest BCUT2D eigenvalue weighted by atomic mass is 10.4. The first-order valence-corrected chi connectivity index (χ1v) is 8.49. The number of nitrogens with zero attached hydrogens (tertiary/aromatic N) is 4. The van der Waals surface area contributed by atoms with Crippen molar-refractivity contribution in [2.75, 3.05) is 18.0 Å². The maximum atomic E-state index is 6.06. The average molecular weight is 331 g/mol. The molecule has 6 heteroatoms. The van der Waals surface area contributed by atoms with Gasteiger partial charge in [-0.05, 0) is 24.6 Å². The van der Waals surface area contributed by atoms with Crippen molar-refractivity contribution in [3.05, 3.63) is 54.2 Å². The van der Waals surface area contributed by atoms with Crippen LogP contribution in [0.5, 0.6) is 0 Å². The first-order valence-electron chi connectivity index (χ1n) is 7.23. The second-order valence-electron chi connectivity index (χ2n) is 5.37. The normalized spacial score (nSPS) is 18.2. The molecule has 1 aliphatic heterocycles. The van der Waals surface area contributed by atoms with Crippen LogP contribution in [0.25, 0.3) is 5.52 Å². The molecule has 2 aromatic heterocycles. The molecule has 0 radical (unpaired) electrons. The summed E-state index contributed by atoms with van der Waals surface area (Å²) in [5.74, 6) is 1.02. The molecule has 22 heavy (non-hydrogen) atoms. The lowest BCUT2D eigenvalue weighted by Gasteiger charge is -2.18. The second-order valence-corrected chi connectivity index (χ2v) is 7.18. The van der Waals surface area contributed by atoms with E-state index in [4.69, 9.17) is 11.6 Å². The van der Waals surface area contributed by atoms with Crippen molar-refractivity contribution in [3.63, 3.8) is 0 Å². The number of halogens is 1. The first-order chi connectivity index (χ1) is 10.8. The largest absolute Gasteiger partial charge is 0.354 e. The molecule has 4 rings (SSSR count). The van der Waals surface area contributed by atoms with E-state index in [0.717, 1.165) is 35.9 Å². The average Bonchev–Trinajstić information content (AvgIpc) is 3.15. The van der Waals surface area contributed by atoms with E-state index in [2.05, 4.69) is 20.9 Å². The molecule has 3 heterocycles. The molecule has 1 aromatic carbocycles. The van der Waals surface area contributed by atoms with E-state index in [1.54, 1.807) is 0 Å². The molecule has 0 bridgehead atoms. The molecule has 0 spiro atoms. The number of benzene rings is 1. The van der Waals surface area contributed by atoms with Crippen LogP contribution >= 0.6 is 23.4 Å². The van der Waals surface area contributed by atoms with Gasteiger partial charge in [-0.1, -0.05) is 17.7 Å². The summed E-state index contributed by atoms with van der Waals surface area (Å²) in [5, 5.41) is 1.36. The molecule has 0 N–H and O–H groups in total. The predicted octanol–water partition coefficient (Wildman–Crippen LogP) is 3.75. The van der Waals surface area contributed by atoms with Gasteiger partial charge in [0.15, 0.2) is 5.82 Å². The second kappa shape index (κ2) is 5.82. The van der Waals surface area contributed by atoms with Crippen LogP contribution in [0, 0.1) is 0 Å². The van der Waals surface area contributed by atoms with Gasteiger partial charge >= 0.3 is 0 Å². The number of thioether (sulfide) groups is 1. The topological polar surface area (TPSA) is 33.4 Å². The molecule has 1 aliphatic rings. The molecule has 4 nitrogen and oxygen atoms in total. The van der Waals surface area contributed by atoms with Gasteiger partial charge in [0, 0.05) is 40.7 Å². The zero-order chi connectivity index (χ0) is 14.9. The molecule has 1 saturated heterocycles. The van der Waals surface area contributed by atoms with E-state index in [-0.39, 0.29) is 0 Å². The number of aromatic nitrogens is 3. The van der Waals surface area contributed by atoms with Crippen LogP contribution < -0.4 is 4.90 Å². The van der Waals surface area contributed by atoms with E-state index in [1.807, 2.05) is 59.3 Å². The number of rotatable bonds is 3. The summed E-state index contributed by atoms with van der Waals surface area (Å²) in [4.78, 5) is 12.3. The Morgan fingerprint density at radius 3 is 3.18 bits per heavy atom. The lowest BCUT2D eigenvalue weighted by Crippen LogP contribution is -2.22. The molecule has 0 amide bonds. The van der Waals surface area contributed by atoms with Crippen molar-refractivity contribution >= 4 is 34.7 Å². The molecule has 112 valence electrons. The molecule has 3 aromatic rings. The fraction of sp³-hybridized carbons (Fsp3) is 0.250. The van der Waals surface area contributed by atoms with Gasteiger partial charge in [-0.25, -0.2) is 9.97 Å². The van der Waals surface area contributed by atoms with Crippen LogP contribution in [0.15, 0.2) is 54.1 Å². The summed E-state index contributed by atoms with van der Waals surface area (Å²) in [5.41, 5.74) is 1.07. The Morgan fingerprint density at radius 2 is 2.27 bits per heavy atom. The Hall–Kier alpha value is -1.72. The standard InChI is InChI=1S/C16H15ClN4S/c17-12-2-1-3-13(8-12)22-14-4-6-20(10-14)16-15-9-18-11-21(15)7-5-19-16/h1-3,5,7-9,11,14H,4,6,10H2. The smallest absolute Gasteiger partial charge is 0.154 e. The van der Waals surface area contributed by atoms with E-state index < -0.39 is 0 Å². The Bertz CT molecular complexity index is 803. The predicted molar refractivity (Wildman–Crippen MR) is 90.9 cm³/mol. The van der Waals surface area contributed by atoms with Crippen molar-refractivity contribution in [2.24, 2.45) is 0 Å². The van der Waals surface area contributed by atoms with Gasteiger partial charge in [0.2, 0.25) is 0 Å². The summed E-state index contributed by atoms with van der Waals surface area (Å²) < 4.78 is 2.01. The van der Waals surface area contributed by atoms with E-state index in [9.17, 15) is 0 Å². The maximum absolute atomic E-state index is 6.06. The van der Waals surface area contributed by atoms with Crippen molar-refractivity contribution in [1.29, 1.82) is 0 Å². The summed E-state index contributed by atoms with van der Waals surface area (Å²) >= 11 is 7.96. The zero-order valence-corrected chi connectivity index (χ0v) is 13.5. The van der Waals surface area contributed by atoms with Crippen molar-refractivity contribution < 1.29 is 0 Å². The van der Waals surface area contributed by atoms with Gasteiger partial charge < -0.3 is 9.30 Å². The van der Waals surface area contributed by atoms with Gasteiger partial charge in [-0.3, -0.25) is 0 Å². The Balaban J connectivity index is 1.51. The quantitative estimate of drug-likeness (QED) is 0.732. The summed E-state index contributed by atoms with van der Waals surface area (Å²) in [6.07, 6.45) is 8.60.